The van der Waals surface area contributed by atoms with E-state index in [0.29, 0.717) is 23.0 Å². The molecular formula is C18H24BrNO3. The van der Waals surface area contributed by atoms with Crippen molar-refractivity contribution in [1.29, 1.82) is 0 Å². The van der Waals surface area contributed by atoms with Crippen molar-refractivity contribution < 1.29 is 14.3 Å². The maximum atomic E-state index is 12.6. The number of halogens is 1. The molecule has 126 valence electrons. The molecule has 2 fully saturated rings. The minimum Gasteiger partial charge on any atom is -0.495 e. The number of carbonyl (C=O) groups excluding carboxylic acids is 1. The molecule has 4 nitrogen and oxygen atoms in total. The van der Waals surface area contributed by atoms with Gasteiger partial charge in [0.15, 0.2) is 0 Å². The van der Waals surface area contributed by atoms with Crippen LogP contribution in [0.2, 0.25) is 0 Å². The lowest BCUT2D eigenvalue weighted by molar-refractivity contribution is 0.0914. The van der Waals surface area contributed by atoms with Gasteiger partial charge in [0.05, 0.1) is 14.2 Å². The predicted molar refractivity (Wildman–Crippen MR) is 93.1 cm³/mol. The zero-order valence-electron chi connectivity index (χ0n) is 13.9. The molecular weight excluding hydrogens is 358 g/mol. The average molecular weight is 382 g/mol. The summed E-state index contributed by atoms with van der Waals surface area (Å²) in [5.41, 5.74) is 0.567. The smallest absolute Gasteiger partial charge is 0.251 e. The molecule has 1 aromatic rings. The highest BCUT2D eigenvalue weighted by Crippen LogP contribution is 2.49. The first-order valence-corrected chi connectivity index (χ1v) is 9.05. The molecule has 0 radical (unpaired) electrons. The minimum atomic E-state index is -0.0654. The van der Waals surface area contributed by atoms with Gasteiger partial charge in [-0.15, -0.1) is 0 Å². The van der Waals surface area contributed by atoms with E-state index in [1.165, 1.54) is 25.7 Å². The number of nitrogens with one attached hydrogen (secondary N) is 1. The molecule has 0 saturated heterocycles. The van der Waals surface area contributed by atoms with Crippen LogP contribution in [0.5, 0.6) is 11.5 Å². The Morgan fingerprint density at radius 3 is 2.35 bits per heavy atom. The van der Waals surface area contributed by atoms with Gasteiger partial charge in [0.2, 0.25) is 0 Å². The van der Waals surface area contributed by atoms with Crippen LogP contribution >= 0.6 is 15.9 Å². The molecule has 0 heterocycles. The van der Waals surface area contributed by atoms with Gasteiger partial charge in [-0.3, -0.25) is 4.79 Å². The summed E-state index contributed by atoms with van der Waals surface area (Å²) in [6, 6.07) is 3.70. The molecule has 1 aromatic carbocycles. The summed E-state index contributed by atoms with van der Waals surface area (Å²) >= 11 is 3.43. The van der Waals surface area contributed by atoms with Crippen LogP contribution in [0, 0.1) is 17.8 Å². The van der Waals surface area contributed by atoms with E-state index >= 15 is 0 Å². The highest BCUT2D eigenvalue weighted by atomic mass is 79.9. The van der Waals surface area contributed by atoms with Crippen molar-refractivity contribution in [3.63, 3.8) is 0 Å². The molecule has 0 aliphatic heterocycles. The van der Waals surface area contributed by atoms with E-state index in [2.05, 4.69) is 28.2 Å². The molecule has 0 spiro atoms. The Hall–Kier alpha value is -1.23. The molecule has 1 N–H and O–H groups in total. The largest absolute Gasteiger partial charge is 0.495 e. The van der Waals surface area contributed by atoms with Crippen molar-refractivity contribution in [3.8, 4) is 11.5 Å². The first-order chi connectivity index (χ1) is 11.0. The summed E-state index contributed by atoms with van der Waals surface area (Å²) in [6.45, 7) is 2.14. The Bertz CT molecular complexity index is 579. The zero-order chi connectivity index (χ0) is 16.6. The molecule has 4 atom stereocenters. The standard InChI is InChI=1S/C18H24BrNO3/c1-10(14-7-11-4-5-12(14)6-11)20-18(21)13-8-15(22-2)17(19)16(9-13)23-3/h8-12,14H,4-7H2,1-3H3,(H,20,21). The number of carbonyl (C=O) groups is 1. The van der Waals surface area contributed by atoms with Crippen LogP contribution < -0.4 is 14.8 Å². The second kappa shape index (κ2) is 6.71. The highest BCUT2D eigenvalue weighted by Gasteiger charge is 2.42. The summed E-state index contributed by atoms with van der Waals surface area (Å²) in [5, 5.41) is 3.18. The van der Waals surface area contributed by atoms with Crippen molar-refractivity contribution in [2.45, 2.75) is 38.6 Å². The monoisotopic (exact) mass is 381 g/mol. The number of amides is 1. The molecule has 23 heavy (non-hydrogen) atoms. The van der Waals surface area contributed by atoms with Gasteiger partial charge in [0, 0.05) is 11.6 Å². The van der Waals surface area contributed by atoms with Gasteiger partial charge < -0.3 is 14.8 Å². The molecule has 0 aromatic heterocycles. The maximum absolute atomic E-state index is 12.6. The van der Waals surface area contributed by atoms with Crippen molar-refractivity contribution >= 4 is 21.8 Å². The Morgan fingerprint density at radius 1 is 1.22 bits per heavy atom. The number of methoxy groups -OCH3 is 2. The number of rotatable bonds is 5. The minimum absolute atomic E-state index is 0.0654. The van der Waals surface area contributed by atoms with Crippen molar-refractivity contribution in [2.24, 2.45) is 17.8 Å². The van der Waals surface area contributed by atoms with Gasteiger partial charge in [0.1, 0.15) is 16.0 Å². The number of fused-ring (bicyclic) bond motifs is 2. The second-order valence-corrected chi connectivity index (χ2v) is 7.59. The van der Waals surface area contributed by atoms with E-state index in [-0.39, 0.29) is 11.9 Å². The Kier molecular flexibility index (Phi) is 4.85. The van der Waals surface area contributed by atoms with E-state index < -0.39 is 0 Å². The SMILES string of the molecule is COc1cc(C(=O)NC(C)C2CC3CCC2C3)cc(OC)c1Br. The number of hydrogen-bond acceptors (Lipinski definition) is 3. The van der Waals surface area contributed by atoms with Gasteiger partial charge in [-0.2, -0.15) is 0 Å². The number of benzene rings is 1. The fourth-order valence-electron chi connectivity index (χ4n) is 4.30. The normalized spacial score (nSPS) is 26.9. The van der Waals surface area contributed by atoms with E-state index in [0.717, 1.165) is 16.3 Å². The summed E-state index contributed by atoms with van der Waals surface area (Å²) in [6.07, 6.45) is 5.32. The van der Waals surface area contributed by atoms with Crippen molar-refractivity contribution in [1.82, 2.24) is 5.32 Å². The van der Waals surface area contributed by atoms with Gasteiger partial charge in [-0.25, -0.2) is 0 Å². The molecule has 2 aliphatic rings. The summed E-state index contributed by atoms with van der Waals surface area (Å²) in [5.74, 6) is 3.44. The Labute approximate surface area is 146 Å². The lowest BCUT2D eigenvalue weighted by Crippen LogP contribution is -2.40. The van der Waals surface area contributed by atoms with Crippen LogP contribution in [0.3, 0.4) is 0 Å². The quantitative estimate of drug-likeness (QED) is 0.837. The lowest BCUT2D eigenvalue weighted by Gasteiger charge is -2.28. The molecule has 3 rings (SSSR count). The van der Waals surface area contributed by atoms with Crippen LogP contribution in [-0.4, -0.2) is 26.2 Å². The van der Waals surface area contributed by atoms with Gasteiger partial charge in [-0.1, -0.05) is 6.42 Å². The van der Waals surface area contributed by atoms with Gasteiger partial charge in [0.25, 0.3) is 5.91 Å². The van der Waals surface area contributed by atoms with Crippen molar-refractivity contribution in [2.75, 3.05) is 14.2 Å². The Balaban J connectivity index is 1.73. The molecule has 1 amide bonds. The maximum Gasteiger partial charge on any atom is 0.251 e. The van der Waals surface area contributed by atoms with Crippen LogP contribution in [0.4, 0.5) is 0 Å². The molecule has 5 heteroatoms. The van der Waals surface area contributed by atoms with Gasteiger partial charge >= 0.3 is 0 Å². The average Bonchev–Trinajstić information content (AvgIpc) is 3.18. The number of hydrogen-bond donors (Lipinski definition) is 1. The second-order valence-electron chi connectivity index (χ2n) is 6.80. The first-order valence-electron chi connectivity index (χ1n) is 8.25. The third kappa shape index (κ3) is 3.21. The molecule has 2 saturated carbocycles. The first kappa shape index (κ1) is 16.6. The summed E-state index contributed by atoms with van der Waals surface area (Å²) < 4.78 is 11.4. The van der Waals surface area contributed by atoms with Crippen LogP contribution in [0.1, 0.15) is 43.0 Å². The molecule has 2 aliphatic carbocycles. The predicted octanol–water partition coefficient (Wildman–Crippen LogP) is 4.02. The van der Waals surface area contributed by atoms with E-state index in [9.17, 15) is 4.79 Å². The third-order valence-corrected chi connectivity index (χ3v) is 6.28. The third-order valence-electron chi connectivity index (χ3n) is 5.50. The van der Waals surface area contributed by atoms with Crippen LogP contribution in [0.25, 0.3) is 0 Å². The summed E-state index contributed by atoms with van der Waals surface area (Å²) in [4.78, 5) is 12.6. The number of ether oxygens (including phenoxy) is 2. The van der Waals surface area contributed by atoms with E-state index in [4.69, 9.17) is 9.47 Å². The fourth-order valence-corrected chi connectivity index (χ4v) is 4.86. The van der Waals surface area contributed by atoms with E-state index in [1.807, 2.05) is 0 Å². The Morgan fingerprint density at radius 2 is 1.87 bits per heavy atom. The van der Waals surface area contributed by atoms with Crippen molar-refractivity contribution in [3.05, 3.63) is 22.2 Å². The van der Waals surface area contributed by atoms with Crippen LogP contribution in [0.15, 0.2) is 16.6 Å². The lowest BCUT2D eigenvalue weighted by atomic mass is 9.84. The van der Waals surface area contributed by atoms with Crippen LogP contribution in [-0.2, 0) is 0 Å². The topological polar surface area (TPSA) is 47.6 Å². The van der Waals surface area contributed by atoms with Gasteiger partial charge in [-0.05, 0) is 72.0 Å². The molecule has 4 unspecified atom stereocenters. The highest BCUT2D eigenvalue weighted by molar-refractivity contribution is 9.10. The summed E-state index contributed by atoms with van der Waals surface area (Å²) in [7, 11) is 3.16. The molecule has 2 bridgehead atoms. The fraction of sp³-hybridized carbons (Fsp3) is 0.611. The van der Waals surface area contributed by atoms with E-state index in [1.54, 1.807) is 26.4 Å². The zero-order valence-corrected chi connectivity index (χ0v) is 15.5.